The monoisotopic (exact) mass is 309 g/mol. The van der Waals surface area contributed by atoms with Gasteiger partial charge in [0.1, 0.15) is 11.3 Å². The van der Waals surface area contributed by atoms with E-state index in [2.05, 4.69) is 27.8 Å². The highest BCUT2D eigenvalue weighted by molar-refractivity contribution is 9.10. The van der Waals surface area contributed by atoms with E-state index >= 15 is 0 Å². The molecule has 0 aliphatic heterocycles. The maximum absolute atomic E-state index is 5.78. The molecule has 0 aliphatic rings. The molecule has 2 rings (SSSR count). The fraction of sp³-hybridized carbons (Fsp3) is 0.357. The topological polar surface area (TPSA) is 31.4 Å². The Hall–Kier alpha value is -1.29. The molecule has 0 unspecified atom stereocenters. The van der Waals surface area contributed by atoms with Crippen molar-refractivity contribution in [3.8, 4) is 11.6 Å². The van der Waals surface area contributed by atoms with Crippen LogP contribution in [0.2, 0.25) is 0 Å². The maximum Gasteiger partial charge on any atom is 0.213 e. The van der Waals surface area contributed by atoms with Crippen LogP contribution in [0.25, 0.3) is 10.9 Å². The fourth-order valence-electron chi connectivity index (χ4n) is 1.70. The molecule has 1 aromatic carbocycles. The summed E-state index contributed by atoms with van der Waals surface area (Å²) in [7, 11) is 1.61. The second kappa shape index (κ2) is 6.05. The number of hydrogen-bond donors (Lipinski definition) is 0. The number of aromatic nitrogens is 1. The zero-order valence-corrected chi connectivity index (χ0v) is 12.2. The summed E-state index contributed by atoms with van der Waals surface area (Å²) in [5, 5.41) is 1.03. The second-order valence-electron chi connectivity index (χ2n) is 4.00. The van der Waals surface area contributed by atoms with Crippen molar-refractivity contribution in [3.05, 3.63) is 28.7 Å². The van der Waals surface area contributed by atoms with Crippen molar-refractivity contribution in [2.24, 2.45) is 0 Å². The van der Waals surface area contributed by atoms with Crippen LogP contribution in [-0.2, 0) is 0 Å². The predicted octanol–water partition coefficient (Wildman–Crippen LogP) is 4.18. The molecule has 1 heterocycles. The lowest BCUT2D eigenvalue weighted by molar-refractivity contribution is 0.312. The van der Waals surface area contributed by atoms with Gasteiger partial charge in [0.25, 0.3) is 0 Å². The summed E-state index contributed by atoms with van der Waals surface area (Å²) in [5.41, 5.74) is 0.833. The summed E-state index contributed by atoms with van der Waals surface area (Å²) in [6.45, 7) is 2.86. The molecule has 0 bridgehead atoms. The van der Waals surface area contributed by atoms with Crippen molar-refractivity contribution in [2.75, 3.05) is 13.7 Å². The van der Waals surface area contributed by atoms with E-state index < -0.39 is 0 Å². The Labute approximate surface area is 115 Å². The van der Waals surface area contributed by atoms with Gasteiger partial charge in [-0.05, 0) is 24.6 Å². The zero-order valence-electron chi connectivity index (χ0n) is 10.6. The number of fused-ring (bicyclic) bond motifs is 1. The number of methoxy groups -OCH3 is 1. The van der Waals surface area contributed by atoms with Gasteiger partial charge >= 0.3 is 0 Å². The Kier molecular flexibility index (Phi) is 4.42. The molecule has 1 aromatic heterocycles. The van der Waals surface area contributed by atoms with Gasteiger partial charge in [-0.15, -0.1) is 0 Å². The quantitative estimate of drug-likeness (QED) is 0.776. The molecule has 0 saturated heterocycles. The van der Waals surface area contributed by atoms with Crippen molar-refractivity contribution in [3.63, 3.8) is 0 Å². The first kappa shape index (κ1) is 13.1. The minimum absolute atomic E-state index is 0.598. The summed E-state index contributed by atoms with van der Waals surface area (Å²) >= 11 is 3.52. The van der Waals surface area contributed by atoms with Crippen LogP contribution < -0.4 is 9.47 Å². The number of benzene rings is 1. The van der Waals surface area contributed by atoms with Crippen molar-refractivity contribution < 1.29 is 9.47 Å². The zero-order chi connectivity index (χ0) is 13.0. The smallest absolute Gasteiger partial charge is 0.213 e. The summed E-state index contributed by atoms with van der Waals surface area (Å²) in [5.74, 6) is 1.40. The van der Waals surface area contributed by atoms with E-state index in [9.17, 15) is 0 Å². The van der Waals surface area contributed by atoms with Crippen molar-refractivity contribution >= 4 is 26.8 Å². The Morgan fingerprint density at radius 2 is 2.06 bits per heavy atom. The van der Waals surface area contributed by atoms with Crippen molar-refractivity contribution in [1.82, 2.24) is 4.98 Å². The average Bonchev–Trinajstić information content (AvgIpc) is 2.41. The molecular weight excluding hydrogens is 294 g/mol. The Morgan fingerprint density at radius 3 is 2.78 bits per heavy atom. The van der Waals surface area contributed by atoms with Crippen LogP contribution in [0.1, 0.15) is 19.8 Å². The molecule has 0 atom stereocenters. The van der Waals surface area contributed by atoms with E-state index in [1.54, 1.807) is 7.11 Å². The third-order valence-electron chi connectivity index (χ3n) is 2.71. The number of hydrogen-bond acceptors (Lipinski definition) is 3. The SMILES string of the molecule is CCCCOc1ccc(Br)c2ccc(OC)nc12. The highest BCUT2D eigenvalue weighted by Gasteiger charge is 2.08. The lowest BCUT2D eigenvalue weighted by Crippen LogP contribution is -1.98. The molecule has 18 heavy (non-hydrogen) atoms. The summed E-state index contributed by atoms with van der Waals surface area (Å²) in [6, 6.07) is 7.76. The molecular formula is C14H16BrNO2. The minimum Gasteiger partial charge on any atom is -0.491 e. The van der Waals surface area contributed by atoms with E-state index in [0.29, 0.717) is 12.5 Å². The molecule has 0 spiro atoms. The molecule has 3 nitrogen and oxygen atoms in total. The van der Waals surface area contributed by atoms with Crippen molar-refractivity contribution in [2.45, 2.75) is 19.8 Å². The van der Waals surface area contributed by atoms with E-state index in [0.717, 1.165) is 34.0 Å². The van der Waals surface area contributed by atoms with E-state index in [1.165, 1.54) is 0 Å². The average molecular weight is 310 g/mol. The number of rotatable bonds is 5. The van der Waals surface area contributed by atoms with Crippen LogP contribution in [0.5, 0.6) is 11.6 Å². The van der Waals surface area contributed by atoms with Gasteiger partial charge < -0.3 is 9.47 Å². The van der Waals surface area contributed by atoms with E-state index in [4.69, 9.17) is 9.47 Å². The number of nitrogens with zero attached hydrogens (tertiary/aromatic N) is 1. The molecule has 2 aromatic rings. The lowest BCUT2D eigenvalue weighted by atomic mass is 10.2. The highest BCUT2D eigenvalue weighted by Crippen LogP contribution is 2.31. The minimum atomic E-state index is 0.598. The highest BCUT2D eigenvalue weighted by atomic mass is 79.9. The van der Waals surface area contributed by atoms with Gasteiger partial charge in [0.05, 0.1) is 13.7 Å². The lowest BCUT2D eigenvalue weighted by Gasteiger charge is -2.10. The van der Waals surface area contributed by atoms with E-state index in [-0.39, 0.29) is 0 Å². The fourth-order valence-corrected chi connectivity index (χ4v) is 2.15. The van der Waals surface area contributed by atoms with E-state index in [1.807, 2.05) is 24.3 Å². The summed E-state index contributed by atoms with van der Waals surface area (Å²) in [6.07, 6.45) is 2.16. The van der Waals surface area contributed by atoms with Crippen LogP contribution in [0, 0.1) is 0 Å². The number of unbranched alkanes of at least 4 members (excludes halogenated alkanes) is 1. The number of halogens is 1. The van der Waals surface area contributed by atoms with Gasteiger partial charge in [-0.2, -0.15) is 0 Å². The van der Waals surface area contributed by atoms with Gasteiger partial charge in [-0.25, -0.2) is 4.98 Å². The first-order valence-corrected chi connectivity index (χ1v) is 6.81. The van der Waals surface area contributed by atoms with Gasteiger partial charge in [0.15, 0.2) is 0 Å². The van der Waals surface area contributed by atoms with Gasteiger partial charge in [-0.1, -0.05) is 29.3 Å². The first-order valence-electron chi connectivity index (χ1n) is 6.02. The summed E-state index contributed by atoms with van der Waals surface area (Å²) < 4.78 is 11.9. The molecule has 96 valence electrons. The third-order valence-corrected chi connectivity index (χ3v) is 3.40. The molecule has 0 saturated carbocycles. The largest absolute Gasteiger partial charge is 0.491 e. The second-order valence-corrected chi connectivity index (χ2v) is 4.85. The predicted molar refractivity (Wildman–Crippen MR) is 76.4 cm³/mol. The van der Waals surface area contributed by atoms with Crippen LogP contribution in [0.15, 0.2) is 28.7 Å². The number of ether oxygens (including phenoxy) is 2. The normalized spacial score (nSPS) is 10.6. The van der Waals surface area contributed by atoms with Crippen LogP contribution >= 0.6 is 15.9 Å². The molecule has 0 radical (unpaired) electrons. The van der Waals surface area contributed by atoms with Crippen molar-refractivity contribution in [1.29, 1.82) is 0 Å². The standard InChI is InChI=1S/C14H16BrNO2/c1-3-4-9-18-12-7-6-11(15)10-5-8-13(17-2)16-14(10)12/h5-8H,3-4,9H2,1-2H3. The Balaban J connectivity index is 2.42. The van der Waals surface area contributed by atoms with Crippen LogP contribution in [0.3, 0.4) is 0 Å². The number of pyridine rings is 1. The van der Waals surface area contributed by atoms with Crippen LogP contribution in [-0.4, -0.2) is 18.7 Å². The molecule has 0 aliphatic carbocycles. The Bertz CT molecular complexity index is 543. The third kappa shape index (κ3) is 2.75. The molecule has 0 N–H and O–H groups in total. The van der Waals surface area contributed by atoms with Crippen LogP contribution in [0.4, 0.5) is 0 Å². The van der Waals surface area contributed by atoms with Gasteiger partial charge in [-0.3, -0.25) is 0 Å². The van der Waals surface area contributed by atoms with Gasteiger partial charge in [0, 0.05) is 15.9 Å². The summed E-state index contributed by atoms with van der Waals surface area (Å²) in [4.78, 5) is 4.46. The molecule has 0 fully saturated rings. The molecule has 4 heteroatoms. The maximum atomic E-state index is 5.78. The van der Waals surface area contributed by atoms with Gasteiger partial charge in [0.2, 0.25) is 5.88 Å². The molecule has 0 amide bonds. The first-order chi connectivity index (χ1) is 8.76. The Morgan fingerprint density at radius 1 is 1.22 bits per heavy atom.